The van der Waals surface area contributed by atoms with E-state index >= 15 is 0 Å². The van der Waals surface area contributed by atoms with Crippen LogP contribution in [0.1, 0.15) is 32.1 Å². The summed E-state index contributed by atoms with van der Waals surface area (Å²) in [5.74, 6) is 0.206. The lowest BCUT2D eigenvalue weighted by molar-refractivity contribution is 0.390. The van der Waals surface area contributed by atoms with Crippen LogP contribution in [-0.4, -0.2) is 38.0 Å². The lowest BCUT2D eigenvalue weighted by atomic mass is 10.1. The minimum atomic E-state index is 0. The molecule has 0 spiro atoms. The second kappa shape index (κ2) is 12.0. The second-order valence-corrected chi connectivity index (χ2v) is 3.88. The van der Waals surface area contributed by atoms with E-state index in [0.717, 1.165) is 13.0 Å². The third kappa shape index (κ3) is 16.6. The zero-order valence-corrected chi connectivity index (χ0v) is 12.2. The molecule has 15 heavy (non-hydrogen) atoms. The fraction of sp³-hybridized carbons (Fsp3) is 0.900. The SMILES string of the molecule is CN(C)CCCCCCCN=C(N)N.I. The first-order chi connectivity index (χ1) is 6.63. The van der Waals surface area contributed by atoms with Crippen LogP contribution < -0.4 is 11.5 Å². The first-order valence-electron chi connectivity index (χ1n) is 5.33. The molecule has 0 amide bonds. The predicted octanol–water partition coefficient (Wildman–Crippen LogP) is 1.39. The minimum absolute atomic E-state index is 0. The fourth-order valence-corrected chi connectivity index (χ4v) is 1.28. The maximum Gasteiger partial charge on any atom is 0.185 e. The molecule has 0 heterocycles. The molecule has 0 aromatic rings. The molecule has 4 N–H and O–H groups in total. The number of aliphatic imine (C=N–C) groups is 1. The summed E-state index contributed by atoms with van der Waals surface area (Å²) < 4.78 is 0. The maximum absolute atomic E-state index is 5.21. The summed E-state index contributed by atoms with van der Waals surface area (Å²) in [6.07, 6.45) is 6.20. The van der Waals surface area contributed by atoms with Crippen molar-refractivity contribution in [3.63, 3.8) is 0 Å². The summed E-state index contributed by atoms with van der Waals surface area (Å²) in [5.41, 5.74) is 10.4. The topological polar surface area (TPSA) is 67.6 Å². The van der Waals surface area contributed by atoms with Crippen LogP contribution in [0.15, 0.2) is 4.99 Å². The van der Waals surface area contributed by atoms with Crippen molar-refractivity contribution in [2.75, 3.05) is 27.2 Å². The molecule has 0 fully saturated rings. The van der Waals surface area contributed by atoms with Gasteiger partial charge in [0, 0.05) is 6.54 Å². The van der Waals surface area contributed by atoms with Gasteiger partial charge in [-0.2, -0.15) is 0 Å². The van der Waals surface area contributed by atoms with Gasteiger partial charge in [0.1, 0.15) is 0 Å². The number of halogens is 1. The van der Waals surface area contributed by atoms with Crippen LogP contribution in [0.25, 0.3) is 0 Å². The molecule has 0 aliphatic rings. The van der Waals surface area contributed by atoms with Crippen molar-refractivity contribution in [3.8, 4) is 0 Å². The highest BCUT2D eigenvalue weighted by molar-refractivity contribution is 14.0. The summed E-state index contributed by atoms with van der Waals surface area (Å²) in [6.45, 7) is 1.96. The lowest BCUT2D eigenvalue weighted by Crippen LogP contribution is -2.22. The largest absolute Gasteiger partial charge is 0.370 e. The summed E-state index contributed by atoms with van der Waals surface area (Å²) in [6, 6.07) is 0. The van der Waals surface area contributed by atoms with Crippen molar-refractivity contribution < 1.29 is 0 Å². The number of hydrogen-bond donors (Lipinski definition) is 2. The molecule has 0 rings (SSSR count). The van der Waals surface area contributed by atoms with E-state index in [9.17, 15) is 0 Å². The normalized spacial score (nSPS) is 9.80. The van der Waals surface area contributed by atoms with Crippen molar-refractivity contribution in [3.05, 3.63) is 0 Å². The number of nitrogens with zero attached hydrogens (tertiary/aromatic N) is 2. The summed E-state index contributed by atoms with van der Waals surface area (Å²) >= 11 is 0. The Balaban J connectivity index is 0. The first kappa shape index (κ1) is 17.4. The molecule has 4 nitrogen and oxygen atoms in total. The molecule has 0 aliphatic heterocycles. The number of nitrogens with two attached hydrogens (primary N) is 2. The Bertz CT molecular complexity index is 156. The second-order valence-electron chi connectivity index (χ2n) is 3.88. The first-order valence-corrected chi connectivity index (χ1v) is 5.33. The van der Waals surface area contributed by atoms with Gasteiger partial charge < -0.3 is 16.4 Å². The molecule has 0 unspecified atom stereocenters. The van der Waals surface area contributed by atoms with Crippen LogP contribution in [-0.2, 0) is 0 Å². The highest BCUT2D eigenvalue weighted by atomic mass is 127. The van der Waals surface area contributed by atoms with E-state index < -0.39 is 0 Å². The van der Waals surface area contributed by atoms with Gasteiger partial charge in [0.15, 0.2) is 5.96 Å². The highest BCUT2D eigenvalue weighted by Crippen LogP contribution is 2.03. The molecule has 0 saturated carbocycles. The molecular formula is C10H25IN4. The minimum Gasteiger partial charge on any atom is -0.370 e. The van der Waals surface area contributed by atoms with E-state index in [1.165, 1.54) is 32.2 Å². The van der Waals surface area contributed by atoms with Gasteiger partial charge in [-0.25, -0.2) is 0 Å². The molecule has 92 valence electrons. The van der Waals surface area contributed by atoms with Crippen LogP contribution in [0, 0.1) is 0 Å². The van der Waals surface area contributed by atoms with Gasteiger partial charge in [-0.15, -0.1) is 24.0 Å². The van der Waals surface area contributed by atoms with E-state index in [4.69, 9.17) is 11.5 Å². The van der Waals surface area contributed by atoms with E-state index in [0.29, 0.717) is 0 Å². The van der Waals surface area contributed by atoms with Gasteiger partial charge >= 0.3 is 0 Å². The van der Waals surface area contributed by atoms with E-state index in [-0.39, 0.29) is 29.9 Å². The Morgan fingerprint density at radius 2 is 1.53 bits per heavy atom. The molecule has 0 atom stereocenters. The van der Waals surface area contributed by atoms with E-state index in [2.05, 4.69) is 24.0 Å². The predicted molar refractivity (Wildman–Crippen MR) is 77.7 cm³/mol. The monoisotopic (exact) mass is 328 g/mol. The van der Waals surface area contributed by atoms with Gasteiger partial charge in [0.2, 0.25) is 0 Å². The molecule has 0 saturated heterocycles. The summed E-state index contributed by atoms with van der Waals surface area (Å²) in [7, 11) is 4.22. The van der Waals surface area contributed by atoms with Crippen LogP contribution >= 0.6 is 24.0 Å². The average molecular weight is 328 g/mol. The molecule has 0 aromatic heterocycles. The Kier molecular flexibility index (Phi) is 13.9. The third-order valence-electron chi connectivity index (χ3n) is 2.06. The highest BCUT2D eigenvalue weighted by Gasteiger charge is 1.92. The van der Waals surface area contributed by atoms with Crippen molar-refractivity contribution in [2.45, 2.75) is 32.1 Å². The Hall–Kier alpha value is -0.0400. The standard InChI is InChI=1S/C10H24N4.HI/c1-14(2)9-7-5-3-4-6-8-13-10(11)12;/h3-9H2,1-2H3,(H4,11,12,13);1H. The van der Waals surface area contributed by atoms with Crippen molar-refractivity contribution >= 4 is 29.9 Å². The number of guanidine groups is 1. The van der Waals surface area contributed by atoms with Gasteiger partial charge in [-0.3, -0.25) is 4.99 Å². The van der Waals surface area contributed by atoms with Gasteiger partial charge in [0.25, 0.3) is 0 Å². The van der Waals surface area contributed by atoms with Crippen molar-refractivity contribution in [1.82, 2.24) is 4.90 Å². The quantitative estimate of drug-likeness (QED) is 0.306. The van der Waals surface area contributed by atoms with E-state index in [1.54, 1.807) is 0 Å². The van der Waals surface area contributed by atoms with Crippen LogP contribution in [0.2, 0.25) is 0 Å². The number of hydrogen-bond acceptors (Lipinski definition) is 2. The zero-order chi connectivity index (χ0) is 10.8. The smallest absolute Gasteiger partial charge is 0.185 e. The van der Waals surface area contributed by atoms with Gasteiger partial charge in [0.05, 0.1) is 0 Å². The van der Waals surface area contributed by atoms with Gasteiger partial charge in [-0.1, -0.05) is 19.3 Å². The Labute approximate surface area is 111 Å². The molecule has 0 bridgehead atoms. The zero-order valence-electron chi connectivity index (χ0n) is 9.91. The van der Waals surface area contributed by atoms with Crippen molar-refractivity contribution in [1.29, 1.82) is 0 Å². The van der Waals surface area contributed by atoms with Gasteiger partial charge in [-0.05, 0) is 33.5 Å². The number of rotatable bonds is 8. The molecule has 0 aromatic carbocycles. The van der Waals surface area contributed by atoms with Crippen molar-refractivity contribution in [2.24, 2.45) is 16.5 Å². The maximum atomic E-state index is 5.21. The van der Waals surface area contributed by atoms with Crippen LogP contribution in [0.5, 0.6) is 0 Å². The fourth-order valence-electron chi connectivity index (χ4n) is 1.28. The molecule has 0 radical (unpaired) electrons. The average Bonchev–Trinajstić information content (AvgIpc) is 2.08. The Morgan fingerprint density at radius 3 is 2.07 bits per heavy atom. The molecule has 5 heteroatoms. The number of unbranched alkanes of at least 4 members (excludes halogenated alkanes) is 4. The lowest BCUT2D eigenvalue weighted by Gasteiger charge is -2.08. The summed E-state index contributed by atoms with van der Waals surface area (Å²) in [4.78, 5) is 6.16. The molecular weight excluding hydrogens is 303 g/mol. The van der Waals surface area contributed by atoms with Crippen LogP contribution in [0.4, 0.5) is 0 Å². The van der Waals surface area contributed by atoms with Crippen LogP contribution in [0.3, 0.4) is 0 Å². The third-order valence-corrected chi connectivity index (χ3v) is 2.06. The van der Waals surface area contributed by atoms with E-state index in [1.807, 2.05) is 0 Å². The summed E-state index contributed by atoms with van der Waals surface area (Å²) in [5, 5.41) is 0. The Morgan fingerprint density at radius 1 is 1.00 bits per heavy atom. The molecule has 0 aliphatic carbocycles.